The fraction of sp³-hybridized carbons (Fsp3) is 0.350. The molecule has 5 heteroatoms. The fourth-order valence-electron chi connectivity index (χ4n) is 3.81. The molecule has 0 radical (unpaired) electrons. The molecule has 2 aromatic carbocycles. The van der Waals surface area contributed by atoms with Crippen LogP contribution in [-0.4, -0.2) is 11.4 Å². The Morgan fingerprint density at radius 3 is 2.48 bits per heavy atom. The van der Waals surface area contributed by atoms with Gasteiger partial charge >= 0.3 is 0 Å². The van der Waals surface area contributed by atoms with E-state index in [0.717, 1.165) is 35.6 Å². The highest BCUT2D eigenvalue weighted by Crippen LogP contribution is 2.39. The van der Waals surface area contributed by atoms with Crippen LogP contribution in [0.4, 0.5) is 11.4 Å². The van der Waals surface area contributed by atoms with Crippen molar-refractivity contribution in [1.82, 2.24) is 0 Å². The summed E-state index contributed by atoms with van der Waals surface area (Å²) in [5.74, 6) is 1.02. The number of anilines is 2. The SMILES string of the molecule is Clc1cccc(CN=C2Nc3ccccc3NC23CCCCC3)c1Cl. The number of para-hydroxylation sites is 2. The zero-order valence-electron chi connectivity index (χ0n) is 14.0. The Hall–Kier alpha value is -1.71. The lowest BCUT2D eigenvalue weighted by Crippen LogP contribution is -2.53. The van der Waals surface area contributed by atoms with Crippen molar-refractivity contribution in [3.05, 3.63) is 58.1 Å². The van der Waals surface area contributed by atoms with Crippen LogP contribution in [0.15, 0.2) is 47.5 Å². The number of nitrogens with zero attached hydrogens (tertiary/aromatic N) is 1. The molecule has 0 bridgehead atoms. The molecule has 2 N–H and O–H groups in total. The third kappa shape index (κ3) is 3.23. The Bertz CT molecular complexity index is 810. The predicted octanol–water partition coefficient (Wildman–Crippen LogP) is 6.13. The lowest BCUT2D eigenvalue weighted by atomic mass is 9.79. The van der Waals surface area contributed by atoms with Crippen molar-refractivity contribution < 1.29 is 0 Å². The normalized spacial score (nSPS) is 20.0. The largest absolute Gasteiger partial charge is 0.371 e. The van der Waals surface area contributed by atoms with Crippen LogP contribution in [0.5, 0.6) is 0 Å². The van der Waals surface area contributed by atoms with E-state index in [1.807, 2.05) is 18.2 Å². The van der Waals surface area contributed by atoms with Crippen molar-refractivity contribution in [2.75, 3.05) is 10.6 Å². The van der Waals surface area contributed by atoms with E-state index in [9.17, 15) is 0 Å². The Morgan fingerprint density at radius 1 is 0.920 bits per heavy atom. The quantitative estimate of drug-likeness (QED) is 0.663. The maximum absolute atomic E-state index is 6.33. The zero-order valence-corrected chi connectivity index (χ0v) is 15.5. The van der Waals surface area contributed by atoms with Gasteiger partial charge in [0.1, 0.15) is 5.84 Å². The Morgan fingerprint density at radius 2 is 1.68 bits per heavy atom. The van der Waals surface area contributed by atoms with Crippen molar-refractivity contribution in [3.8, 4) is 0 Å². The second-order valence-electron chi connectivity index (χ2n) is 6.82. The first-order valence-electron chi connectivity index (χ1n) is 8.80. The van der Waals surface area contributed by atoms with Gasteiger partial charge in [0.2, 0.25) is 0 Å². The molecular formula is C20H21Cl2N3. The molecule has 1 fully saturated rings. The van der Waals surface area contributed by atoms with Gasteiger partial charge in [0.15, 0.2) is 0 Å². The van der Waals surface area contributed by atoms with E-state index < -0.39 is 0 Å². The number of fused-ring (bicyclic) bond motifs is 1. The van der Waals surface area contributed by atoms with Crippen LogP contribution in [0.1, 0.15) is 37.7 Å². The van der Waals surface area contributed by atoms with Gasteiger partial charge < -0.3 is 10.6 Å². The molecule has 0 amide bonds. The van der Waals surface area contributed by atoms with Gasteiger partial charge in [0.25, 0.3) is 0 Å². The molecular weight excluding hydrogens is 353 g/mol. The second-order valence-corrected chi connectivity index (χ2v) is 7.60. The molecule has 1 aliphatic heterocycles. The van der Waals surface area contributed by atoms with E-state index in [1.54, 1.807) is 6.07 Å². The van der Waals surface area contributed by atoms with Gasteiger partial charge in [-0.05, 0) is 36.6 Å². The van der Waals surface area contributed by atoms with Gasteiger partial charge in [-0.25, -0.2) is 0 Å². The lowest BCUT2D eigenvalue weighted by molar-refractivity contribution is 0.403. The van der Waals surface area contributed by atoms with E-state index in [-0.39, 0.29) is 5.54 Å². The third-order valence-electron chi connectivity index (χ3n) is 5.15. The molecule has 1 aliphatic carbocycles. The number of nitrogens with one attached hydrogen (secondary N) is 2. The zero-order chi connectivity index (χ0) is 17.3. The van der Waals surface area contributed by atoms with Gasteiger partial charge in [-0.1, -0.05) is 66.7 Å². The van der Waals surface area contributed by atoms with E-state index in [2.05, 4.69) is 28.8 Å². The van der Waals surface area contributed by atoms with Crippen molar-refractivity contribution in [1.29, 1.82) is 0 Å². The van der Waals surface area contributed by atoms with E-state index in [0.29, 0.717) is 16.6 Å². The lowest BCUT2D eigenvalue weighted by Gasteiger charge is -2.44. The number of halogens is 2. The first-order chi connectivity index (χ1) is 12.2. The van der Waals surface area contributed by atoms with E-state index >= 15 is 0 Å². The van der Waals surface area contributed by atoms with Gasteiger partial charge in [0.05, 0.1) is 33.5 Å². The standard InChI is InChI=1S/C20H21Cl2N3/c21-15-8-6-7-14(18(15)22)13-23-19-20(11-4-1-5-12-20)25-17-10-3-2-9-16(17)24-19/h2-3,6-10,25H,1,4-5,11-13H2,(H,23,24). The van der Waals surface area contributed by atoms with Crippen LogP contribution in [0, 0.1) is 0 Å². The number of amidine groups is 1. The molecule has 2 aromatic rings. The molecule has 0 saturated heterocycles. The fourth-order valence-corrected chi connectivity index (χ4v) is 4.19. The van der Waals surface area contributed by atoms with Gasteiger partial charge in [0, 0.05) is 0 Å². The van der Waals surface area contributed by atoms with Crippen molar-refractivity contribution >= 4 is 40.4 Å². The molecule has 1 spiro atoms. The molecule has 1 saturated carbocycles. The van der Waals surface area contributed by atoms with Crippen LogP contribution in [0.25, 0.3) is 0 Å². The topological polar surface area (TPSA) is 36.4 Å². The Labute approximate surface area is 158 Å². The summed E-state index contributed by atoms with van der Waals surface area (Å²) in [6, 6.07) is 14.0. The van der Waals surface area contributed by atoms with Crippen LogP contribution in [0.2, 0.25) is 10.0 Å². The molecule has 1 heterocycles. The highest BCUT2D eigenvalue weighted by atomic mass is 35.5. The molecule has 130 valence electrons. The number of hydrogen-bond donors (Lipinski definition) is 2. The Balaban J connectivity index is 1.68. The van der Waals surface area contributed by atoms with Crippen molar-refractivity contribution in [2.45, 2.75) is 44.2 Å². The van der Waals surface area contributed by atoms with Crippen LogP contribution >= 0.6 is 23.2 Å². The summed E-state index contributed by atoms with van der Waals surface area (Å²) < 4.78 is 0. The van der Waals surface area contributed by atoms with Crippen LogP contribution in [-0.2, 0) is 6.54 Å². The summed E-state index contributed by atoms with van der Waals surface area (Å²) in [5.41, 5.74) is 3.09. The number of rotatable bonds is 2. The maximum atomic E-state index is 6.33. The highest BCUT2D eigenvalue weighted by molar-refractivity contribution is 6.42. The molecule has 2 aliphatic rings. The van der Waals surface area contributed by atoms with Crippen molar-refractivity contribution in [2.24, 2.45) is 4.99 Å². The summed E-state index contributed by atoms with van der Waals surface area (Å²) in [5, 5.41) is 8.51. The van der Waals surface area contributed by atoms with Crippen LogP contribution < -0.4 is 10.6 Å². The summed E-state index contributed by atoms with van der Waals surface area (Å²) in [6.45, 7) is 0.521. The monoisotopic (exact) mass is 373 g/mol. The van der Waals surface area contributed by atoms with E-state index in [4.69, 9.17) is 28.2 Å². The minimum atomic E-state index is -0.0995. The summed E-state index contributed by atoms with van der Waals surface area (Å²) in [6.07, 6.45) is 5.91. The van der Waals surface area contributed by atoms with Crippen molar-refractivity contribution in [3.63, 3.8) is 0 Å². The summed E-state index contributed by atoms with van der Waals surface area (Å²) >= 11 is 12.5. The average molecular weight is 374 g/mol. The molecule has 3 nitrogen and oxygen atoms in total. The third-order valence-corrected chi connectivity index (χ3v) is 6.01. The van der Waals surface area contributed by atoms with Gasteiger partial charge in [-0.2, -0.15) is 0 Å². The summed E-state index contributed by atoms with van der Waals surface area (Å²) in [4.78, 5) is 4.93. The first-order valence-corrected chi connectivity index (χ1v) is 9.56. The maximum Gasteiger partial charge on any atom is 0.127 e. The smallest absolute Gasteiger partial charge is 0.127 e. The van der Waals surface area contributed by atoms with Gasteiger partial charge in [-0.15, -0.1) is 0 Å². The second kappa shape index (κ2) is 6.89. The minimum Gasteiger partial charge on any atom is -0.371 e. The molecule has 0 unspecified atom stereocenters. The minimum absolute atomic E-state index is 0.0995. The Kier molecular flexibility index (Phi) is 4.61. The number of benzene rings is 2. The number of hydrogen-bond acceptors (Lipinski definition) is 2. The average Bonchev–Trinajstić information content (AvgIpc) is 2.64. The summed E-state index contributed by atoms with van der Waals surface area (Å²) in [7, 11) is 0. The predicted molar refractivity (Wildman–Crippen MR) is 107 cm³/mol. The first kappa shape index (κ1) is 16.7. The van der Waals surface area contributed by atoms with E-state index in [1.165, 1.54) is 19.3 Å². The van der Waals surface area contributed by atoms with Crippen LogP contribution in [0.3, 0.4) is 0 Å². The highest BCUT2D eigenvalue weighted by Gasteiger charge is 2.40. The molecule has 0 atom stereocenters. The molecule has 25 heavy (non-hydrogen) atoms. The molecule has 4 rings (SSSR count). The molecule has 0 aromatic heterocycles. The number of aliphatic imine (C=N–C) groups is 1. The van der Waals surface area contributed by atoms with Gasteiger partial charge in [-0.3, -0.25) is 4.99 Å².